The van der Waals surface area contributed by atoms with Gasteiger partial charge >= 0.3 is 6.18 Å². The van der Waals surface area contributed by atoms with Crippen LogP contribution >= 0.6 is 0 Å². The minimum absolute atomic E-state index is 0.0362. The van der Waals surface area contributed by atoms with Gasteiger partial charge in [0.15, 0.2) is 29.4 Å². The first-order valence-electron chi connectivity index (χ1n) is 15.0. The number of pyridine rings is 1. The lowest BCUT2D eigenvalue weighted by atomic mass is 10.0. The van der Waals surface area contributed by atoms with Gasteiger partial charge in [-0.2, -0.15) is 13.2 Å². The molecule has 0 spiro atoms. The molecule has 0 saturated carbocycles. The van der Waals surface area contributed by atoms with E-state index in [1.54, 1.807) is 10.8 Å². The Morgan fingerprint density at radius 1 is 1.08 bits per heavy atom. The van der Waals surface area contributed by atoms with E-state index in [4.69, 9.17) is 18.9 Å². The minimum atomic E-state index is -4.67. The Morgan fingerprint density at radius 2 is 1.79 bits per heavy atom. The van der Waals surface area contributed by atoms with Crippen molar-refractivity contribution < 1.29 is 50.4 Å². The molecule has 2 aromatic carbocycles. The first-order valence-corrected chi connectivity index (χ1v) is 18.7. The number of hydrogen-bond acceptors (Lipinski definition) is 8. The van der Waals surface area contributed by atoms with Gasteiger partial charge in [0.1, 0.15) is 23.9 Å². The molecular formula is C32H36F6N4O5Si. The van der Waals surface area contributed by atoms with Crippen LogP contribution in [0.15, 0.2) is 48.8 Å². The van der Waals surface area contributed by atoms with Gasteiger partial charge in [-0.1, -0.05) is 25.7 Å². The summed E-state index contributed by atoms with van der Waals surface area (Å²) in [7, 11) is -0.279. The molecule has 1 aliphatic rings. The summed E-state index contributed by atoms with van der Waals surface area (Å²) in [5.41, 5.74) is -1.82. The van der Waals surface area contributed by atoms with Crippen molar-refractivity contribution in [3.05, 3.63) is 66.0 Å². The molecule has 16 heteroatoms. The third-order valence-electron chi connectivity index (χ3n) is 7.61. The molecule has 2 aromatic heterocycles. The van der Waals surface area contributed by atoms with Crippen molar-refractivity contribution in [3.8, 4) is 28.4 Å². The molecular weight excluding hydrogens is 662 g/mol. The highest BCUT2D eigenvalue weighted by Gasteiger charge is 2.39. The smallest absolute Gasteiger partial charge is 0.419 e. The average molecular weight is 699 g/mol. The van der Waals surface area contributed by atoms with E-state index in [0.29, 0.717) is 23.4 Å². The number of alkyl halides is 4. The fraction of sp³-hybridized carbons (Fsp3) is 0.406. The van der Waals surface area contributed by atoms with E-state index in [2.05, 4.69) is 35.3 Å². The molecule has 1 fully saturated rings. The van der Waals surface area contributed by atoms with Crippen molar-refractivity contribution >= 4 is 24.8 Å². The molecule has 1 atom stereocenters. The maximum Gasteiger partial charge on any atom is 0.419 e. The zero-order valence-electron chi connectivity index (χ0n) is 26.7. The predicted molar refractivity (Wildman–Crippen MR) is 170 cm³/mol. The van der Waals surface area contributed by atoms with E-state index in [9.17, 15) is 22.7 Å². The molecule has 0 aliphatic carbocycles. The first kappa shape index (κ1) is 35.5. The summed E-state index contributed by atoms with van der Waals surface area (Å²) in [6, 6.07) is 7.40. The number of nitrogens with zero attached hydrogens (tertiary/aromatic N) is 2. The fourth-order valence-electron chi connectivity index (χ4n) is 4.99. The number of rotatable bonds is 14. The minimum Gasteiger partial charge on any atom is -0.496 e. The van der Waals surface area contributed by atoms with Crippen LogP contribution in [0.4, 0.5) is 32.0 Å². The summed E-state index contributed by atoms with van der Waals surface area (Å²) < 4.78 is 109. The monoisotopic (exact) mass is 698 g/mol. The molecule has 1 saturated heterocycles. The number of nitrogens with one attached hydrogen (secondary N) is 2. The number of halogens is 6. The van der Waals surface area contributed by atoms with Gasteiger partial charge in [-0.3, -0.25) is 5.32 Å². The Hall–Kier alpha value is -3.83. The summed E-state index contributed by atoms with van der Waals surface area (Å²) in [5, 5.41) is 15.3. The maximum atomic E-state index is 15.3. The highest BCUT2D eigenvalue weighted by molar-refractivity contribution is 6.76. The number of fused-ring (bicyclic) bond motifs is 1. The number of aromatic nitrogens is 2. The van der Waals surface area contributed by atoms with Crippen molar-refractivity contribution in [2.24, 2.45) is 0 Å². The molecule has 3 heterocycles. The average Bonchev–Trinajstić information content (AvgIpc) is 3.37. The van der Waals surface area contributed by atoms with E-state index in [-0.39, 0.29) is 43.3 Å². The number of methoxy groups -OCH3 is 1. The van der Waals surface area contributed by atoms with Crippen LogP contribution in [-0.2, 0) is 22.4 Å². The number of anilines is 1. The quantitative estimate of drug-likeness (QED) is 0.0554. The Balaban J connectivity index is 1.48. The van der Waals surface area contributed by atoms with Crippen LogP contribution in [0, 0.1) is 11.6 Å². The Labute approximate surface area is 273 Å². The van der Waals surface area contributed by atoms with E-state index >= 15 is 8.78 Å². The van der Waals surface area contributed by atoms with E-state index < -0.39 is 55.0 Å². The molecule has 1 aliphatic heterocycles. The lowest BCUT2D eigenvalue weighted by Crippen LogP contribution is -2.55. The van der Waals surface area contributed by atoms with Crippen molar-refractivity contribution in [3.63, 3.8) is 0 Å². The topological polar surface area (TPSA) is 99.0 Å². The molecule has 0 amide bonds. The van der Waals surface area contributed by atoms with Gasteiger partial charge in [-0.15, -0.1) is 0 Å². The van der Waals surface area contributed by atoms with Crippen LogP contribution < -0.4 is 20.1 Å². The Morgan fingerprint density at radius 3 is 2.40 bits per heavy atom. The van der Waals surface area contributed by atoms with Gasteiger partial charge in [0.2, 0.25) is 0 Å². The van der Waals surface area contributed by atoms with E-state index in [1.165, 1.54) is 24.4 Å². The van der Waals surface area contributed by atoms with Gasteiger partial charge in [0.05, 0.1) is 31.3 Å². The lowest BCUT2D eigenvalue weighted by molar-refractivity contribution is -0.138. The van der Waals surface area contributed by atoms with Crippen molar-refractivity contribution in [2.45, 2.75) is 50.6 Å². The number of aliphatic hydroxyl groups excluding tert-OH is 1. The Bertz CT molecular complexity index is 1740. The first-order chi connectivity index (χ1) is 22.6. The molecule has 4 aromatic rings. The van der Waals surface area contributed by atoms with Crippen molar-refractivity contribution in [1.82, 2.24) is 14.9 Å². The molecule has 0 bridgehead atoms. The number of aliphatic hydroxyl groups is 1. The second-order valence-electron chi connectivity index (χ2n) is 12.7. The third kappa shape index (κ3) is 8.23. The predicted octanol–water partition coefficient (Wildman–Crippen LogP) is 7.13. The SMILES string of the molecule is COc1cc(-c2cn(COCC[Si](C)(C)C)c3nccc(Oc4c(F)cc(NC(O)NCC5(F)COC5)cc4F)c23)ccc1C(F)(F)F. The zero-order chi connectivity index (χ0) is 34.9. The number of hydrogen-bond donors (Lipinski definition) is 3. The second kappa shape index (κ2) is 14.0. The highest BCUT2D eigenvalue weighted by Crippen LogP contribution is 2.43. The third-order valence-corrected chi connectivity index (χ3v) is 9.32. The molecule has 9 nitrogen and oxygen atoms in total. The van der Waals surface area contributed by atoms with Crippen molar-refractivity contribution in [1.29, 1.82) is 0 Å². The maximum absolute atomic E-state index is 15.3. The van der Waals surface area contributed by atoms with Crippen LogP contribution in [0.2, 0.25) is 25.7 Å². The summed E-state index contributed by atoms with van der Waals surface area (Å²) in [5.74, 6) is -3.49. The summed E-state index contributed by atoms with van der Waals surface area (Å²) >= 11 is 0. The molecule has 1 unspecified atom stereocenters. The molecule has 5 rings (SSSR count). The van der Waals surface area contributed by atoms with Crippen molar-refractivity contribution in [2.75, 3.05) is 38.8 Å². The Kier molecular flexibility index (Phi) is 10.3. The van der Waals surface area contributed by atoms with E-state index in [1.807, 2.05) is 0 Å². The lowest BCUT2D eigenvalue weighted by Gasteiger charge is -2.34. The second-order valence-corrected chi connectivity index (χ2v) is 18.3. The summed E-state index contributed by atoms with van der Waals surface area (Å²) in [6.45, 7) is 6.62. The number of benzene rings is 2. The summed E-state index contributed by atoms with van der Waals surface area (Å²) in [6.07, 6.45) is -3.21. The van der Waals surface area contributed by atoms with Crippen LogP contribution in [0.25, 0.3) is 22.2 Å². The molecule has 0 radical (unpaired) electrons. The zero-order valence-corrected chi connectivity index (χ0v) is 27.7. The molecule has 260 valence electrons. The number of ether oxygens (including phenoxy) is 4. The van der Waals surface area contributed by atoms with Gasteiger partial charge in [0.25, 0.3) is 0 Å². The van der Waals surface area contributed by atoms with Gasteiger partial charge in [0, 0.05) is 57.0 Å². The van der Waals surface area contributed by atoms with Crippen LogP contribution in [-0.4, -0.2) is 68.2 Å². The van der Waals surface area contributed by atoms with Crippen LogP contribution in [0.1, 0.15) is 5.56 Å². The van der Waals surface area contributed by atoms with Gasteiger partial charge in [-0.25, -0.2) is 18.2 Å². The standard InChI is InChI=1S/C32H36F6N4O5Si/c1-44-26-11-19(5-6-22(26)32(36,37)38)21-14-42(18-45-9-10-48(2,3)4)29-27(21)25(7-8-39-29)47-28-23(33)12-20(13-24(28)34)41-30(43)40-15-31(35)16-46-17-31/h5-8,11-14,30,40-41,43H,9-10,15-18H2,1-4H3. The normalized spacial score (nSPS) is 15.3. The van der Waals surface area contributed by atoms with Gasteiger partial charge < -0.3 is 33.9 Å². The van der Waals surface area contributed by atoms with E-state index in [0.717, 1.165) is 31.4 Å². The fourth-order valence-corrected chi connectivity index (χ4v) is 5.74. The highest BCUT2D eigenvalue weighted by atomic mass is 28.3. The van der Waals surface area contributed by atoms with Crippen LogP contribution in [0.5, 0.6) is 17.2 Å². The van der Waals surface area contributed by atoms with Crippen LogP contribution in [0.3, 0.4) is 0 Å². The largest absolute Gasteiger partial charge is 0.496 e. The molecule has 3 N–H and O–H groups in total. The van der Waals surface area contributed by atoms with Gasteiger partial charge in [-0.05, 0) is 29.8 Å². The molecule has 48 heavy (non-hydrogen) atoms. The summed E-state index contributed by atoms with van der Waals surface area (Å²) in [4.78, 5) is 4.43.